The molecular formula is C19H23N5O3. The number of carbonyl (C=O) groups excluding carboxylic acids is 1. The molecule has 2 aromatic rings. The molecule has 3 N–H and O–H groups in total. The van der Waals surface area contributed by atoms with E-state index in [0.717, 1.165) is 5.56 Å². The van der Waals surface area contributed by atoms with E-state index in [0.29, 0.717) is 23.5 Å². The van der Waals surface area contributed by atoms with Crippen LogP contribution < -0.4 is 10.6 Å². The SMILES string of the molecule is C=CC[C@H](NC(=O)O)c1cc(-c2c(NC(=O)[C@H](C)C=C)cnn2C)ccn1. The van der Waals surface area contributed by atoms with Gasteiger partial charge < -0.3 is 15.7 Å². The van der Waals surface area contributed by atoms with Crippen LogP contribution in [-0.2, 0) is 11.8 Å². The Morgan fingerprint density at radius 2 is 2.15 bits per heavy atom. The van der Waals surface area contributed by atoms with E-state index in [1.165, 1.54) is 0 Å². The van der Waals surface area contributed by atoms with Crippen molar-refractivity contribution in [3.63, 3.8) is 0 Å². The molecule has 2 aromatic heterocycles. The third-order valence-electron chi connectivity index (χ3n) is 4.08. The first-order chi connectivity index (χ1) is 12.9. The van der Waals surface area contributed by atoms with Crippen LogP contribution in [0.25, 0.3) is 11.3 Å². The number of hydrogen-bond donors (Lipinski definition) is 3. The normalized spacial score (nSPS) is 12.7. The minimum atomic E-state index is -1.14. The summed E-state index contributed by atoms with van der Waals surface area (Å²) >= 11 is 0. The molecule has 0 saturated heterocycles. The largest absolute Gasteiger partial charge is 0.465 e. The minimum Gasteiger partial charge on any atom is -0.465 e. The number of aromatic nitrogens is 3. The standard InChI is InChI=1S/C19H23N5O3/c1-5-7-14(23-19(26)27)15-10-13(8-9-20-15)17-16(11-21-24(17)4)22-18(25)12(3)6-2/h5-6,8-12,14,23H,1-2,7H2,3-4H3,(H,22,25)(H,26,27)/t12-,14+/m1/s1. The van der Waals surface area contributed by atoms with E-state index in [1.54, 1.807) is 55.3 Å². The van der Waals surface area contributed by atoms with E-state index in [-0.39, 0.29) is 11.8 Å². The van der Waals surface area contributed by atoms with Crippen molar-refractivity contribution < 1.29 is 14.7 Å². The fraction of sp³-hybridized carbons (Fsp3) is 0.263. The van der Waals surface area contributed by atoms with Crippen molar-refractivity contribution in [2.75, 3.05) is 5.32 Å². The smallest absolute Gasteiger partial charge is 0.405 e. The number of amides is 2. The van der Waals surface area contributed by atoms with E-state index in [9.17, 15) is 9.59 Å². The molecule has 0 unspecified atom stereocenters. The van der Waals surface area contributed by atoms with Gasteiger partial charge in [-0.3, -0.25) is 14.5 Å². The number of hydrogen-bond acceptors (Lipinski definition) is 4. The summed E-state index contributed by atoms with van der Waals surface area (Å²) in [5.41, 5.74) is 2.55. The third-order valence-corrected chi connectivity index (χ3v) is 4.08. The van der Waals surface area contributed by atoms with Gasteiger partial charge in [-0.05, 0) is 18.6 Å². The lowest BCUT2D eigenvalue weighted by Crippen LogP contribution is -2.27. The molecule has 0 aliphatic rings. The van der Waals surface area contributed by atoms with Gasteiger partial charge in [-0.25, -0.2) is 4.79 Å². The van der Waals surface area contributed by atoms with Crippen LogP contribution in [0.4, 0.5) is 10.5 Å². The van der Waals surface area contributed by atoms with Crippen LogP contribution in [0, 0.1) is 5.92 Å². The van der Waals surface area contributed by atoms with Gasteiger partial charge in [-0.15, -0.1) is 13.2 Å². The maximum absolute atomic E-state index is 12.2. The van der Waals surface area contributed by atoms with Gasteiger partial charge in [0.05, 0.1) is 35.2 Å². The lowest BCUT2D eigenvalue weighted by molar-refractivity contribution is -0.118. The zero-order valence-corrected chi connectivity index (χ0v) is 15.3. The average Bonchev–Trinajstić information content (AvgIpc) is 3.00. The van der Waals surface area contributed by atoms with E-state index in [2.05, 4.69) is 33.9 Å². The van der Waals surface area contributed by atoms with Gasteiger partial charge in [0.2, 0.25) is 5.91 Å². The van der Waals surface area contributed by atoms with Gasteiger partial charge in [0.1, 0.15) is 0 Å². The Morgan fingerprint density at radius 3 is 2.78 bits per heavy atom. The summed E-state index contributed by atoms with van der Waals surface area (Å²) in [6.45, 7) is 9.04. The molecule has 0 bridgehead atoms. The van der Waals surface area contributed by atoms with Crippen molar-refractivity contribution >= 4 is 17.7 Å². The van der Waals surface area contributed by atoms with E-state index in [4.69, 9.17) is 5.11 Å². The summed E-state index contributed by atoms with van der Waals surface area (Å²) in [6, 6.07) is 3.03. The number of carbonyl (C=O) groups is 2. The molecule has 8 heteroatoms. The third kappa shape index (κ3) is 4.81. The van der Waals surface area contributed by atoms with E-state index >= 15 is 0 Å². The van der Waals surface area contributed by atoms with Crippen LogP contribution in [0.2, 0.25) is 0 Å². The molecular weight excluding hydrogens is 346 g/mol. The molecule has 0 aliphatic carbocycles. The fourth-order valence-electron chi connectivity index (χ4n) is 2.58. The highest BCUT2D eigenvalue weighted by atomic mass is 16.4. The highest BCUT2D eigenvalue weighted by Crippen LogP contribution is 2.29. The van der Waals surface area contributed by atoms with Crippen molar-refractivity contribution in [1.29, 1.82) is 0 Å². The summed E-state index contributed by atoms with van der Waals surface area (Å²) in [5, 5.41) is 18.5. The van der Waals surface area contributed by atoms with E-state index in [1.807, 2.05) is 0 Å². The molecule has 0 aliphatic heterocycles. The maximum Gasteiger partial charge on any atom is 0.405 e. The van der Waals surface area contributed by atoms with Gasteiger partial charge in [0.15, 0.2) is 0 Å². The van der Waals surface area contributed by atoms with Crippen molar-refractivity contribution in [1.82, 2.24) is 20.1 Å². The molecule has 142 valence electrons. The Kier molecular flexibility index (Phi) is 6.48. The lowest BCUT2D eigenvalue weighted by atomic mass is 10.1. The van der Waals surface area contributed by atoms with Gasteiger partial charge in [0.25, 0.3) is 0 Å². The van der Waals surface area contributed by atoms with Crippen LogP contribution in [0.5, 0.6) is 0 Å². The van der Waals surface area contributed by atoms with Gasteiger partial charge in [-0.1, -0.05) is 19.1 Å². The van der Waals surface area contributed by atoms with Crippen LogP contribution in [-0.4, -0.2) is 31.9 Å². The number of nitrogens with zero attached hydrogens (tertiary/aromatic N) is 3. The predicted octanol–water partition coefficient (Wildman–Crippen LogP) is 3.13. The first kappa shape index (κ1) is 19.9. The highest BCUT2D eigenvalue weighted by molar-refractivity contribution is 5.96. The second-order valence-electron chi connectivity index (χ2n) is 6.04. The van der Waals surface area contributed by atoms with E-state index < -0.39 is 12.1 Å². The molecule has 2 atom stereocenters. The molecule has 0 radical (unpaired) electrons. The molecule has 2 rings (SSSR count). The number of anilines is 1. The number of rotatable bonds is 8. The fourth-order valence-corrected chi connectivity index (χ4v) is 2.58. The predicted molar refractivity (Wildman–Crippen MR) is 103 cm³/mol. The summed E-state index contributed by atoms with van der Waals surface area (Å²) in [5.74, 6) is -0.534. The minimum absolute atomic E-state index is 0.189. The van der Waals surface area contributed by atoms with Crippen LogP contribution >= 0.6 is 0 Å². The molecule has 0 fully saturated rings. The summed E-state index contributed by atoms with van der Waals surface area (Å²) in [4.78, 5) is 27.5. The second kappa shape index (κ2) is 8.79. The topological polar surface area (TPSA) is 109 Å². The number of pyridine rings is 1. The van der Waals surface area contributed by atoms with Crippen molar-refractivity contribution in [3.05, 3.63) is 55.5 Å². The molecule has 8 nitrogen and oxygen atoms in total. The molecule has 27 heavy (non-hydrogen) atoms. The number of nitrogens with one attached hydrogen (secondary N) is 2. The van der Waals surface area contributed by atoms with Crippen molar-refractivity contribution in [2.24, 2.45) is 13.0 Å². The zero-order chi connectivity index (χ0) is 20.0. The van der Waals surface area contributed by atoms with Crippen molar-refractivity contribution in [2.45, 2.75) is 19.4 Å². The Labute approximate surface area is 157 Å². The molecule has 0 saturated carbocycles. The zero-order valence-electron chi connectivity index (χ0n) is 15.3. The molecule has 2 amide bonds. The van der Waals surface area contributed by atoms with Crippen LogP contribution in [0.15, 0.2) is 49.8 Å². The number of aryl methyl sites for hydroxylation is 1. The van der Waals surface area contributed by atoms with Gasteiger partial charge >= 0.3 is 6.09 Å². The summed E-state index contributed by atoms with van der Waals surface area (Å²) in [7, 11) is 1.76. The Hall–Kier alpha value is -3.42. The first-order valence-electron chi connectivity index (χ1n) is 8.39. The van der Waals surface area contributed by atoms with Crippen molar-refractivity contribution in [3.8, 4) is 11.3 Å². The Morgan fingerprint density at radius 1 is 1.41 bits per heavy atom. The summed E-state index contributed by atoms with van der Waals surface area (Å²) in [6.07, 6.45) is 5.61. The number of carboxylic acid groups (broad SMARTS) is 1. The van der Waals surface area contributed by atoms with Gasteiger partial charge in [-0.2, -0.15) is 5.10 Å². The Balaban J connectivity index is 2.40. The molecule has 2 heterocycles. The van der Waals surface area contributed by atoms with Crippen LogP contribution in [0.1, 0.15) is 25.1 Å². The summed E-state index contributed by atoms with van der Waals surface area (Å²) < 4.78 is 1.64. The highest BCUT2D eigenvalue weighted by Gasteiger charge is 2.19. The second-order valence-corrected chi connectivity index (χ2v) is 6.04. The average molecular weight is 369 g/mol. The molecule has 0 aromatic carbocycles. The lowest BCUT2D eigenvalue weighted by Gasteiger charge is -2.16. The van der Waals surface area contributed by atoms with Crippen LogP contribution in [0.3, 0.4) is 0 Å². The molecule has 0 spiro atoms. The van der Waals surface area contributed by atoms with Gasteiger partial charge in [0, 0.05) is 18.8 Å². The monoisotopic (exact) mass is 369 g/mol. The maximum atomic E-state index is 12.2. The quantitative estimate of drug-likeness (QED) is 0.619. The first-order valence-corrected chi connectivity index (χ1v) is 8.39. The Bertz CT molecular complexity index is 859.